The maximum absolute atomic E-state index is 11.5. The number of amides is 1. The molecule has 15 heavy (non-hydrogen) atoms. The van der Waals surface area contributed by atoms with Gasteiger partial charge >= 0.3 is 17.4 Å². The summed E-state index contributed by atoms with van der Waals surface area (Å²) in [4.78, 5) is 22.9. The summed E-state index contributed by atoms with van der Waals surface area (Å²) in [7, 11) is 1.56. The lowest BCUT2D eigenvalue weighted by atomic mass is 10.2. The molecule has 0 saturated carbocycles. The summed E-state index contributed by atoms with van der Waals surface area (Å²) >= 11 is 0. The number of anilines is 1. The van der Waals surface area contributed by atoms with E-state index in [-0.39, 0.29) is 5.82 Å². The third kappa shape index (κ3) is 2.36. The molecule has 0 aliphatic carbocycles. The number of nitrogen functional groups attached to an aromatic ring is 1. The van der Waals surface area contributed by atoms with Gasteiger partial charge in [0.25, 0.3) is 0 Å². The van der Waals surface area contributed by atoms with Crippen molar-refractivity contribution in [2.75, 3.05) is 12.3 Å². The highest BCUT2D eigenvalue weighted by Gasteiger charge is 2.20. The van der Waals surface area contributed by atoms with Crippen molar-refractivity contribution in [2.24, 2.45) is 13.0 Å². The van der Waals surface area contributed by atoms with Crippen molar-refractivity contribution >= 4 is 11.8 Å². The fourth-order valence-electron chi connectivity index (χ4n) is 1.02. The van der Waals surface area contributed by atoms with Gasteiger partial charge in [-0.1, -0.05) is 18.5 Å². The fraction of sp³-hybridized carbons (Fsp3) is 0.625. The molecule has 0 saturated heterocycles. The number of carbonyl (C=O) groups is 1. The van der Waals surface area contributed by atoms with E-state index in [0.717, 1.165) is 4.68 Å². The van der Waals surface area contributed by atoms with Gasteiger partial charge in [-0.15, -0.1) is 5.21 Å². The number of hydrogen-bond donors (Lipinski definition) is 3. The Balaban J connectivity index is 2.83. The monoisotopic (exact) mass is 214 g/mol. The maximum atomic E-state index is 11.5. The first-order valence-electron chi connectivity index (χ1n) is 4.68. The first-order chi connectivity index (χ1) is 6.93. The van der Waals surface area contributed by atoms with E-state index in [1.807, 2.05) is 13.8 Å². The van der Waals surface area contributed by atoms with E-state index in [1.165, 1.54) is 4.68 Å². The lowest BCUT2D eigenvalue weighted by molar-refractivity contribution is -0.718. The van der Waals surface area contributed by atoms with Crippen LogP contribution in [0, 0.1) is 5.92 Å². The van der Waals surface area contributed by atoms with Crippen LogP contribution >= 0.6 is 0 Å². The van der Waals surface area contributed by atoms with Crippen LogP contribution in [0.25, 0.3) is 0 Å². The molecule has 1 rings (SSSR count). The normalized spacial score (nSPS) is 10.7. The van der Waals surface area contributed by atoms with Crippen LogP contribution in [0.1, 0.15) is 13.8 Å². The first kappa shape index (κ1) is 11.3. The van der Waals surface area contributed by atoms with E-state index >= 15 is 0 Å². The van der Waals surface area contributed by atoms with Crippen molar-refractivity contribution in [2.45, 2.75) is 13.8 Å². The van der Waals surface area contributed by atoms with E-state index in [9.17, 15) is 9.59 Å². The second-order valence-corrected chi connectivity index (χ2v) is 3.76. The molecule has 1 aromatic heterocycles. The fourth-order valence-corrected chi connectivity index (χ4v) is 1.02. The Kier molecular flexibility index (Phi) is 3.13. The topological polar surface area (TPSA) is 96.8 Å². The summed E-state index contributed by atoms with van der Waals surface area (Å²) in [5.41, 5.74) is 4.87. The third-order valence-electron chi connectivity index (χ3n) is 1.90. The van der Waals surface area contributed by atoms with Crippen LogP contribution in [0.2, 0.25) is 0 Å². The lowest BCUT2D eigenvalue weighted by Gasteiger charge is -2.03. The zero-order valence-electron chi connectivity index (χ0n) is 9.07. The quantitative estimate of drug-likeness (QED) is 0.539. The van der Waals surface area contributed by atoms with Crippen molar-refractivity contribution in [1.29, 1.82) is 0 Å². The zero-order valence-corrected chi connectivity index (χ0v) is 9.07. The van der Waals surface area contributed by atoms with Crippen molar-refractivity contribution in [3.8, 4) is 0 Å². The number of aromatic nitrogens is 3. The SMILES string of the molecule is CC(C)CNC(=O)n1[nH][n+](C)c(N)c1=O. The van der Waals surface area contributed by atoms with Crippen LogP contribution in [0.15, 0.2) is 4.79 Å². The highest BCUT2D eigenvalue weighted by Crippen LogP contribution is 1.87. The van der Waals surface area contributed by atoms with E-state index in [2.05, 4.69) is 10.5 Å². The van der Waals surface area contributed by atoms with Gasteiger partial charge in [0, 0.05) is 6.54 Å². The number of aromatic amines is 1. The Bertz CT molecular complexity index is 417. The first-order valence-corrected chi connectivity index (χ1v) is 4.68. The minimum Gasteiger partial charge on any atom is -0.323 e. The van der Waals surface area contributed by atoms with Crippen molar-refractivity contribution < 1.29 is 9.48 Å². The molecule has 0 fully saturated rings. The van der Waals surface area contributed by atoms with E-state index in [0.29, 0.717) is 12.5 Å². The molecule has 0 aliphatic rings. The Morgan fingerprint density at radius 2 is 2.27 bits per heavy atom. The molecule has 1 aromatic rings. The summed E-state index contributed by atoms with van der Waals surface area (Å²) in [6.07, 6.45) is 0. The number of aryl methyl sites for hydroxylation is 1. The molecule has 0 aliphatic heterocycles. The van der Waals surface area contributed by atoms with Gasteiger partial charge in [-0.2, -0.15) is 4.68 Å². The summed E-state index contributed by atoms with van der Waals surface area (Å²) in [6, 6.07) is -0.499. The lowest BCUT2D eigenvalue weighted by Crippen LogP contribution is -2.38. The van der Waals surface area contributed by atoms with Gasteiger partial charge in [-0.05, 0) is 5.92 Å². The number of rotatable bonds is 2. The molecule has 7 nitrogen and oxygen atoms in total. The van der Waals surface area contributed by atoms with E-state index in [1.54, 1.807) is 7.05 Å². The molecule has 0 atom stereocenters. The molecule has 0 radical (unpaired) electrons. The molecular formula is C8H16N5O2+. The molecule has 1 amide bonds. The Hall–Kier alpha value is -1.79. The number of carbonyl (C=O) groups excluding carboxylic acids is 1. The minimum absolute atomic E-state index is 0.00491. The molecule has 7 heteroatoms. The number of H-pyrrole nitrogens is 1. The molecule has 0 aromatic carbocycles. The molecule has 0 spiro atoms. The maximum Gasteiger partial charge on any atom is 0.406 e. The van der Waals surface area contributed by atoms with Gasteiger partial charge in [-0.25, -0.2) is 9.59 Å². The summed E-state index contributed by atoms with van der Waals surface area (Å²) in [5.74, 6) is 0.320. The van der Waals surface area contributed by atoms with Gasteiger partial charge in [0.05, 0.1) is 7.05 Å². The molecule has 1 heterocycles. The minimum atomic E-state index is -0.543. The largest absolute Gasteiger partial charge is 0.406 e. The number of hydrogen-bond acceptors (Lipinski definition) is 3. The summed E-state index contributed by atoms with van der Waals surface area (Å²) in [5, 5.41) is 5.12. The van der Waals surface area contributed by atoms with Gasteiger partial charge in [-0.3, -0.25) is 0 Å². The highest BCUT2D eigenvalue weighted by molar-refractivity contribution is 5.75. The van der Waals surface area contributed by atoms with Crippen molar-refractivity contribution in [3.63, 3.8) is 0 Å². The van der Waals surface area contributed by atoms with E-state index < -0.39 is 11.6 Å². The second-order valence-electron chi connectivity index (χ2n) is 3.76. The van der Waals surface area contributed by atoms with Gasteiger partial charge in [0.2, 0.25) is 0 Å². The molecule has 4 N–H and O–H groups in total. The van der Waals surface area contributed by atoms with Crippen LogP contribution < -0.4 is 21.3 Å². The Labute approximate surface area is 86.8 Å². The number of nitrogens with two attached hydrogens (primary N) is 1. The standard InChI is InChI=1S/C8H15N5O2/c1-5(2)4-10-8(15)13-7(14)6(9)12(3)11-13/h5,9,11H,4H2,1-3H3,(H,10,15)/p+1. The molecule has 0 unspecified atom stereocenters. The Morgan fingerprint density at radius 3 is 2.67 bits per heavy atom. The zero-order chi connectivity index (χ0) is 11.6. The average molecular weight is 214 g/mol. The average Bonchev–Trinajstić information content (AvgIpc) is 2.42. The predicted octanol–water partition coefficient (Wildman–Crippen LogP) is -1.20. The van der Waals surface area contributed by atoms with Crippen molar-refractivity contribution in [3.05, 3.63) is 10.4 Å². The molecular weight excluding hydrogens is 198 g/mol. The van der Waals surface area contributed by atoms with Crippen LogP contribution in [-0.2, 0) is 7.05 Å². The van der Waals surface area contributed by atoms with Crippen molar-refractivity contribution in [1.82, 2.24) is 15.2 Å². The smallest absolute Gasteiger partial charge is 0.323 e. The van der Waals surface area contributed by atoms with E-state index in [4.69, 9.17) is 5.73 Å². The predicted molar refractivity (Wildman–Crippen MR) is 54.3 cm³/mol. The highest BCUT2D eigenvalue weighted by atomic mass is 16.2. The second kappa shape index (κ2) is 4.16. The van der Waals surface area contributed by atoms with Gasteiger partial charge < -0.3 is 11.1 Å². The van der Waals surface area contributed by atoms with Crippen LogP contribution in [0.5, 0.6) is 0 Å². The van der Waals surface area contributed by atoms with Crippen LogP contribution in [0.4, 0.5) is 10.6 Å². The van der Waals surface area contributed by atoms with Gasteiger partial charge in [0.1, 0.15) is 0 Å². The number of nitrogens with zero attached hydrogens (tertiary/aromatic N) is 2. The number of nitrogens with one attached hydrogen (secondary N) is 2. The molecule has 84 valence electrons. The van der Waals surface area contributed by atoms with Gasteiger partial charge in [0.15, 0.2) is 0 Å². The molecule has 0 bridgehead atoms. The summed E-state index contributed by atoms with van der Waals surface area (Å²) in [6.45, 7) is 4.44. The van der Waals surface area contributed by atoms with Crippen LogP contribution in [0.3, 0.4) is 0 Å². The third-order valence-corrected chi connectivity index (χ3v) is 1.90. The summed E-state index contributed by atoms with van der Waals surface area (Å²) < 4.78 is 2.13. The van der Waals surface area contributed by atoms with Crippen LogP contribution in [-0.4, -0.2) is 22.5 Å². The Morgan fingerprint density at radius 1 is 1.67 bits per heavy atom.